The van der Waals surface area contributed by atoms with E-state index in [9.17, 15) is 14.7 Å². The van der Waals surface area contributed by atoms with Gasteiger partial charge < -0.3 is 34.5 Å². The second kappa shape index (κ2) is 14.2. The minimum Gasteiger partial charge on any atom is -0.490 e. The largest absolute Gasteiger partial charge is 0.490 e. The quantitative estimate of drug-likeness (QED) is 0.0759. The molecule has 2 heterocycles. The van der Waals surface area contributed by atoms with E-state index in [-0.39, 0.29) is 12.2 Å². The number of amides is 2. The molecule has 2 amide bonds. The number of para-hydroxylation sites is 1. The van der Waals surface area contributed by atoms with Gasteiger partial charge in [0.25, 0.3) is 0 Å². The van der Waals surface area contributed by atoms with Crippen LogP contribution in [0.2, 0.25) is 5.02 Å². The molecule has 2 atom stereocenters. The van der Waals surface area contributed by atoms with Gasteiger partial charge in [0.05, 0.1) is 31.5 Å². The third kappa shape index (κ3) is 7.39. The zero-order chi connectivity index (χ0) is 31.9. The summed E-state index contributed by atoms with van der Waals surface area (Å²) in [7, 11) is 1.28. The summed E-state index contributed by atoms with van der Waals surface area (Å²) in [6.45, 7) is 4.33. The number of aliphatic hydroxyl groups is 1. The molecule has 0 saturated carbocycles. The smallest absolute Gasteiger partial charge is 0.337 e. The number of urea groups is 1. The number of carbonyl (C=O) groups is 2. The molecule has 12 heteroatoms. The van der Waals surface area contributed by atoms with Crippen molar-refractivity contribution in [2.75, 3.05) is 20.3 Å². The number of esters is 1. The van der Waals surface area contributed by atoms with E-state index in [2.05, 4.69) is 25.7 Å². The molecular formula is C33H34ClN5O6. The molecule has 1 aliphatic rings. The van der Waals surface area contributed by atoms with Gasteiger partial charge in [0.15, 0.2) is 17.7 Å². The highest BCUT2D eigenvalue weighted by molar-refractivity contribution is 6.30. The Morgan fingerprint density at radius 1 is 1.13 bits per heavy atom. The Morgan fingerprint density at radius 2 is 1.91 bits per heavy atom. The van der Waals surface area contributed by atoms with Gasteiger partial charge in [0, 0.05) is 39.9 Å². The number of nitrogens with one attached hydrogen (secondary N) is 3. The van der Waals surface area contributed by atoms with E-state index in [1.807, 2.05) is 61.7 Å². The number of nitrogens with zero attached hydrogens (tertiary/aromatic N) is 2. The lowest BCUT2D eigenvalue weighted by molar-refractivity contribution is -0.136. The summed E-state index contributed by atoms with van der Waals surface area (Å²) in [5.74, 6) is 0.189. The molecular weight excluding hydrogens is 598 g/mol. The summed E-state index contributed by atoms with van der Waals surface area (Å²) in [4.78, 5) is 24.7. The van der Waals surface area contributed by atoms with Gasteiger partial charge in [-0.05, 0) is 55.3 Å². The van der Waals surface area contributed by atoms with Crippen LogP contribution in [0.1, 0.15) is 36.6 Å². The van der Waals surface area contributed by atoms with E-state index in [1.54, 1.807) is 31.3 Å². The van der Waals surface area contributed by atoms with Gasteiger partial charge in [-0.1, -0.05) is 48.0 Å². The fourth-order valence-electron chi connectivity index (χ4n) is 5.11. The highest BCUT2D eigenvalue weighted by Gasteiger charge is 2.32. The van der Waals surface area contributed by atoms with Crippen LogP contribution in [0.3, 0.4) is 0 Å². The fourth-order valence-corrected chi connectivity index (χ4v) is 5.24. The molecule has 0 unspecified atom stereocenters. The van der Waals surface area contributed by atoms with Crippen molar-refractivity contribution in [2.45, 2.75) is 32.7 Å². The van der Waals surface area contributed by atoms with Gasteiger partial charge in [-0.3, -0.25) is 5.43 Å². The van der Waals surface area contributed by atoms with Crippen molar-refractivity contribution in [3.8, 4) is 11.5 Å². The maximum Gasteiger partial charge on any atom is 0.337 e. The molecule has 0 fully saturated rings. The summed E-state index contributed by atoms with van der Waals surface area (Å²) in [5.41, 5.74) is 7.03. The first-order chi connectivity index (χ1) is 21.8. The van der Waals surface area contributed by atoms with Crippen molar-refractivity contribution in [3.63, 3.8) is 0 Å². The summed E-state index contributed by atoms with van der Waals surface area (Å²) >= 11 is 6.04. The standard InChI is InChI=1S/C33H34ClN5O6/c1-4-44-28-15-22(31-30(32(41)43-3)20(2)36-33(42)37-31)11-14-27(28)45-19-29(40)38-35-16-23-18-39(26-8-6-5-7-25(23)26)17-21-9-12-24(34)13-10-21/h5-16,18,29,31,38,40H,4,17,19H2,1-3H3,(H2,36,37,42)/b35-16+/t29-,31+/m0/s1. The van der Waals surface area contributed by atoms with Crippen molar-refractivity contribution in [1.29, 1.82) is 0 Å². The first-order valence-electron chi connectivity index (χ1n) is 14.3. The van der Waals surface area contributed by atoms with Crippen molar-refractivity contribution in [3.05, 3.63) is 106 Å². The molecule has 4 aromatic rings. The monoisotopic (exact) mass is 631 g/mol. The van der Waals surface area contributed by atoms with E-state index in [0.29, 0.717) is 40.9 Å². The number of aliphatic hydroxyl groups excluding tert-OH is 1. The van der Waals surface area contributed by atoms with Crippen LogP contribution in [0.15, 0.2) is 89.3 Å². The fraction of sp³-hybridized carbons (Fsp3) is 0.242. The summed E-state index contributed by atoms with van der Waals surface area (Å²) in [6, 6.07) is 19.6. The number of fused-ring (bicyclic) bond motifs is 1. The van der Waals surface area contributed by atoms with Gasteiger partial charge in [-0.2, -0.15) is 5.10 Å². The van der Waals surface area contributed by atoms with Crippen LogP contribution in [0.5, 0.6) is 11.5 Å². The Labute approximate surface area is 265 Å². The highest BCUT2D eigenvalue weighted by Crippen LogP contribution is 2.35. The van der Waals surface area contributed by atoms with Crippen molar-refractivity contribution in [1.82, 2.24) is 20.6 Å². The van der Waals surface area contributed by atoms with Gasteiger partial charge in [0.2, 0.25) is 0 Å². The van der Waals surface area contributed by atoms with Crippen molar-refractivity contribution in [2.24, 2.45) is 5.10 Å². The average Bonchev–Trinajstić information content (AvgIpc) is 3.37. The normalized spacial score (nSPS) is 15.5. The van der Waals surface area contributed by atoms with Gasteiger partial charge >= 0.3 is 12.0 Å². The Morgan fingerprint density at radius 3 is 2.67 bits per heavy atom. The number of halogens is 1. The van der Waals surface area contributed by atoms with E-state index in [4.69, 9.17) is 25.8 Å². The number of carbonyl (C=O) groups excluding carboxylic acids is 2. The van der Waals surface area contributed by atoms with Crippen LogP contribution >= 0.6 is 11.6 Å². The van der Waals surface area contributed by atoms with E-state index in [1.165, 1.54) is 7.11 Å². The van der Waals surface area contributed by atoms with E-state index < -0.39 is 24.3 Å². The second-order valence-corrected chi connectivity index (χ2v) is 10.7. The zero-order valence-electron chi connectivity index (χ0n) is 25.0. The van der Waals surface area contributed by atoms with Crippen LogP contribution in [-0.2, 0) is 16.1 Å². The van der Waals surface area contributed by atoms with E-state index in [0.717, 1.165) is 22.0 Å². The lowest BCUT2D eigenvalue weighted by atomic mass is 9.95. The zero-order valence-corrected chi connectivity index (χ0v) is 25.8. The average molecular weight is 632 g/mol. The molecule has 0 radical (unpaired) electrons. The maximum atomic E-state index is 12.5. The summed E-state index contributed by atoms with van der Waals surface area (Å²) < 4.78 is 18.7. The van der Waals surface area contributed by atoms with Crippen LogP contribution in [0, 0.1) is 0 Å². The number of methoxy groups -OCH3 is 1. The first kappa shape index (κ1) is 31.4. The number of benzene rings is 3. The number of hydrogen-bond acceptors (Lipinski definition) is 8. The molecule has 5 rings (SSSR count). The van der Waals surface area contributed by atoms with Gasteiger partial charge in [-0.15, -0.1) is 0 Å². The lowest BCUT2D eigenvalue weighted by Crippen LogP contribution is -2.45. The summed E-state index contributed by atoms with van der Waals surface area (Å²) in [6.07, 6.45) is 2.54. The number of ether oxygens (including phenoxy) is 3. The van der Waals surface area contributed by atoms with Gasteiger partial charge in [-0.25, -0.2) is 9.59 Å². The topological polar surface area (TPSA) is 135 Å². The lowest BCUT2D eigenvalue weighted by Gasteiger charge is -2.28. The molecule has 0 spiro atoms. The molecule has 0 bridgehead atoms. The maximum absolute atomic E-state index is 12.5. The molecule has 1 aromatic heterocycles. The Balaban J connectivity index is 1.25. The number of allylic oxidation sites excluding steroid dienone is 1. The Kier molecular flexibility index (Phi) is 9.91. The van der Waals surface area contributed by atoms with Crippen LogP contribution in [-0.4, -0.2) is 54.4 Å². The van der Waals surface area contributed by atoms with Crippen molar-refractivity contribution < 1.29 is 28.9 Å². The number of hydrazone groups is 1. The Bertz CT molecular complexity index is 1750. The molecule has 1 aliphatic heterocycles. The summed E-state index contributed by atoms with van der Waals surface area (Å²) in [5, 5.41) is 21.9. The van der Waals surface area contributed by atoms with Crippen LogP contribution in [0.25, 0.3) is 10.9 Å². The number of rotatable bonds is 12. The molecule has 45 heavy (non-hydrogen) atoms. The number of aromatic nitrogens is 1. The predicted octanol–water partition coefficient (Wildman–Crippen LogP) is 4.86. The number of hydrogen-bond donors (Lipinski definition) is 4. The van der Waals surface area contributed by atoms with Gasteiger partial charge in [0.1, 0.15) is 6.61 Å². The highest BCUT2D eigenvalue weighted by atomic mass is 35.5. The predicted molar refractivity (Wildman–Crippen MR) is 171 cm³/mol. The molecule has 3 aromatic carbocycles. The molecule has 11 nitrogen and oxygen atoms in total. The van der Waals surface area contributed by atoms with Crippen molar-refractivity contribution >= 4 is 40.7 Å². The molecule has 234 valence electrons. The SMILES string of the molecule is CCOc1cc([C@H]2NC(=O)NC(C)=C2C(=O)OC)ccc1OC[C@H](O)N/N=C/c1cn(Cc2ccc(Cl)cc2)c2ccccc12. The third-order valence-corrected chi connectivity index (χ3v) is 7.44. The molecule has 0 saturated heterocycles. The van der Waals surface area contributed by atoms with Crippen LogP contribution in [0.4, 0.5) is 4.79 Å². The Hall–Kier alpha value is -5.00. The van der Waals surface area contributed by atoms with Crippen LogP contribution < -0.4 is 25.5 Å². The first-order valence-corrected chi connectivity index (χ1v) is 14.7. The minimum atomic E-state index is -1.13. The van der Waals surface area contributed by atoms with E-state index >= 15 is 0 Å². The minimum absolute atomic E-state index is 0.133. The second-order valence-electron chi connectivity index (χ2n) is 10.3. The molecule has 0 aliphatic carbocycles. The third-order valence-electron chi connectivity index (χ3n) is 7.18. The molecule has 4 N–H and O–H groups in total.